The largest absolute Gasteiger partial charge is 0.493 e. The molecule has 0 unspecified atom stereocenters. The summed E-state index contributed by atoms with van der Waals surface area (Å²) in [6, 6.07) is 6.76. The number of aromatic amines is 1. The minimum atomic E-state index is -0.356. The predicted molar refractivity (Wildman–Crippen MR) is 75.5 cm³/mol. The Balaban J connectivity index is 2.51. The molecule has 0 radical (unpaired) electrons. The lowest BCUT2D eigenvalue weighted by Crippen LogP contribution is -2.15. The summed E-state index contributed by atoms with van der Waals surface area (Å²) >= 11 is 5.89. The van der Waals surface area contributed by atoms with Crippen molar-refractivity contribution in [2.75, 3.05) is 0 Å². The van der Waals surface area contributed by atoms with E-state index in [1.54, 1.807) is 24.3 Å². The highest BCUT2D eigenvalue weighted by Crippen LogP contribution is 2.25. The van der Waals surface area contributed by atoms with Crippen LogP contribution >= 0.6 is 11.6 Å². The number of hydrogen-bond acceptors (Lipinski definition) is 3. The van der Waals surface area contributed by atoms with E-state index in [1.807, 2.05) is 13.8 Å². The van der Waals surface area contributed by atoms with Crippen molar-refractivity contribution in [3.05, 3.63) is 45.5 Å². The van der Waals surface area contributed by atoms with E-state index in [0.29, 0.717) is 28.7 Å². The minimum absolute atomic E-state index is 0.148. The van der Waals surface area contributed by atoms with Crippen LogP contribution in [0.25, 0.3) is 11.1 Å². The van der Waals surface area contributed by atoms with Crippen molar-refractivity contribution < 1.29 is 5.11 Å². The van der Waals surface area contributed by atoms with Crippen LogP contribution in [0.3, 0.4) is 0 Å². The van der Waals surface area contributed by atoms with E-state index in [9.17, 15) is 9.90 Å². The lowest BCUT2D eigenvalue weighted by Gasteiger charge is -2.08. The van der Waals surface area contributed by atoms with Gasteiger partial charge in [0.05, 0.1) is 0 Å². The first kappa shape index (κ1) is 13.6. The van der Waals surface area contributed by atoms with Gasteiger partial charge in [-0.1, -0.05) is 37.6 Å². The van der Waals surface area contributed by atoms with Crippen molar-refractivity contribution in [1.29, 1.82) is 0 Å². The molecule has 1 heterocycles. The molecule has 0 amide bonds. The minimum Gasteiger partial charge on any atom is -0.493 e. The summed E-state index contributed by atoms with van der Waals surface area (Å²) in [6.45, 7) is 4.03. The van der Waals surface area contributed by atoms with Crippen molar-refractivity contribution in [3.8, 4) is 17.0 Å². The normalized spacial score (nSPS) is 10.9. The molecule has 4 nitrogen and oxygen atoms in total. The quantitative estimate of drug-likeness (QED) is 0.907. The summed E-state index contributed by atoms with van der Waals surface area (Å²) in [4.78, 5) is 18.8. The highest BCUT2D eigenvalue weighted by atomic mass is 35.5. The van der Waals surface area contributed by atoms with E-state index >= 15 is 0 Å². The second-order valence-electron chi connectivity index (χ2n) is 4.82. The zero-order valence-electron chi connectivity index (χ0n) is 10.8. The Morgan fingerprint density at radius 2 is 2.16 bits per heavy atom. The molecule has 2 aromatic rings. The molecule has 1 aromatic carbocycles. The molecule has 0 aliphatic rings. The van der Waals surface area contributed by atoms with Gasteiger partial charge in [-0.05, 0) is 23.6 Å². The number of aromatic hydroxyl groups is 1. The Morgan fingerprint density at radius 3 is 2.74 bits per heavy atom. The molecule has 100 valence electrons. The van der Waals surface area contributed by atoms with Gasteiger partial charge in [0.15, 0.2) is 0 Å². The van der Waals surface area contributed by atoms with Crippen molar-refractivity contribution in [2.45, 2.75) is 20.3 Å². The molecule has 0 saturated carbocycles. The molecular formula is C14H15ClN2O2. The number of rotatable bonds is 3. The van der Waals surface area contributed by atoms with Gasteiger partial charge in [0.1, 0.15) is 11.4 Å². The molecule has 0 fully saturated rings. The number of H-pyrrole nitrogens is 1. The maximum Gasteiger partial charge on any atom is 0.262 e. The Morgan fingerprint density at radius 1 is 1.42 bits per heavy atom. The van der Waals surface area contributed by atoms with Crippen LogP contribution < -0.4 is 5.56 Å². The van der Waals surface area contributed by atoms with Crippen molar-refractivity contribution >= 4 is 11.6 Å². The molecule has 0 saturated heterocycles. The van der Waals surface area contributed by atoms with Crippen LogP contribution in [0.1, 0.15) is 19.7 Å². The Bertz CT molecular complexity index is 650. The molecule has 0 aliphatic carbocycles. The van der Waals surface area contributed by atoms with E-state index in [4.69, 9.17) is 11.6 Å². The van der Waals surface area contributed by atoms with Gasteiger partial charge in [-0.3, -0.25) is 4.79 Å². The van der Waals surface area contributed by atoms with Gasteiger partial charge in [0.25, 0.3) is 5.56 Å². The summed E-state index contributed by atoms with van der Waals surface area (Å²) in [5, 5.41) is 10.5. The summed E-state index contributed by atoms with van der Waals surface area (Å²) in [7, 11) is 0. The van der Waals surface area contributed by atoms with Gasteiger partial charge in [0.2, 0.25) is 5.88 Å². The van der Waals surface area contributed by atoms with E-state index < -0.39 is 0 Å². The van der Waals surface area contributed by atoms with Crippen molar-refractivity contribution in [2.24, 2.45) is 5.92 Å². The second kappa shape index (κ2) is 5.45. The predicted octanol–water partition coefficient (Wildman–Crippen LogP) is 2.99. The number of hydrogen-bond donors (Lipinski definition) is 2. The third-order valence-corrected chi connectivity index (χ3v) is 2.90. The summed E-state index contributed by atoms with van der Waals surface area (Å²) in [6.07, 6.45) is 0.610. The first-order chi connectivity index (χ1) is 8.97. The molecular weight excluding hydrogens is 264 g/mol. The van der Waals surface area contributed by atoms with Crippen LogP contribution in [0.4, 0.5) is 0 Å². The molecule has 2 N–H and O–H groups in total. The Hall–Kier alpha value is -1.81. The number of aromatic nitrogens is 2. The van der Waals surface area contributed by atoms with E-state index in [2.05, 4.69) is 9.97 Å². The number of benzene rings is 1. The fourth-order valence-corrected chi connectivity index (χ4v) is 2.08. The fraction of sp³-hybridized carbons (Fsp3) is 0.286. The number of nitrogens with zero attached hydrogens (tertiary/aromatic N) is 1. The lowest BCUT2D eigenvalue weighted by molar-refractivity contribution is 0.447. The van der Waals surface area contributed by atoms with Gasteiger partial charge in [-0.25, -0.2) is 0 Å². The fourth-order valence-electron chi connectivity index (χ4n) is 1.89. The molecule has 19 heavy (non-hydrogen) atoms. The summed E-state index contributed by atoms with van der Waals surface area (Å²) < 4.78 is 0. The standard InChI is InChI=1S/C14H15ClN2O2/c1-8(2)6-11-16-13(18)12(14(19)17-11)9-4-3-5-10(15)7-9/h3-5,7-8H,6H2,1-2H3,(H2,16,17,18,19). The average Bonchev–Trinajstić information content (AvgIpc) is 2.26. The van der Waals surface area contributed by atoms with Gasteiger partial charge in [-0.2, -0.15) is 4.98 Å². The Kier molecular flexibility index (Phi) is 3.90. The van der Waals surface area contributed by atoms with Crippen molar-refractivity contribution in [1.82, 2.24) is 9.97 Å². The van der Waals surface area contributed by atoms with Gasteiger partial charge in [0, 0.05) is 11.4 Å². The smallest absolute Gasteiger partial charge is 0.262 e. The maximum atomic E-state index is 12.1. The molecule has 5 heteroatoms. The highest BCUT2D eigenvalue weighted by molar-refractivity contribution is 6.30. The van der Waals surface area contributed by atoms with Gasteiger partial charge < -0.3 is 10.1 Å². The maximum absolute atomic E-state index is 12.1. The van der Waals surface area contributed by atoms with Crippen LogP contribution in [0.2, 0.25) is 5.02 Å². The zero-order chi connectivity index (χ0) is 14.0. The first-order valence-corrected chi connectivity index (χ1v) is 6.43. The van der Waals surface area contributed by atoms with Crippen molar-refractivity contribution in [3.63, 3.8) is 0 Å². The number of nitrogens with one attached hydrogen (secondary N) is 1. The van der Waals surface area contributed by atoms with E-state index in [-0.39, 0.29) is 17.0 Å². The summed E-state index contributed by atoms with van der Waals surface area (Å²) in [5.41, 5.74) is 0.343. The highest BCUT2D eigenvalue weighted by Gasteiger charge is 2.13. The van der Waals surface area contributed by atoms with E-state index in [1.165, 1.54) is 0 Å². The number of halogens is 1. The molecule has 2 rings (SSSR count). The monoisotopic (exact) mass is 278 g/mol. The van der Waals surface area contributed by atoms with Crippen LogP contribution in [0.15, 0.2) is 29.1 Å². The second-order valence-corrected chi connectivity index (χ2v) is 5.26. The zero-order valence-corrected chi connectivity index (χ0v) is 11.5. The molecule has 0 aliphatic heterocycles. The van der Waals surface area contributed by atoms with Crippen LogP contribution in [-0.2, 0) is 6.42 Å². The molecule has 0 atom stereocenters. The first-order valence-electron chi connectivity index (χ1n) is 6.05. The third-order valence-electron chi connectivity index (χ3n) is 2.66. The SMILES string of the molecule is CC(C)Cc1nc(O)c(-c2cccc(Cl)c2)c(=O)[nH]1. The van der Waals surface area contributed by atoms with E-state index in [0.717, 1.165) is 0 Å². The molecule has 0 bridgehead atoms. The third kappa shape index (κ3) is 3.15. The van der Waals surface area contributed by atoms with Crippen LogP contribution in [0.5, 0.6) is 5.88 Å². The lowest BCUT2D eigenvalue weighted by atomic mass is 10.1. The topological polar surface area (TPSA) is 66.0 Å². The van der Waals surface area contributed by atoms with Gasteiger partial charge >= 0.3 is 0 Å². The van der Waals surface area contributed by atoms with Crippen LogP contribution in [0, 0.1) is 5.92 Å². The van der Waals surface area contributed by atoms with Crippen LogP contribution in [-0.4, -0.2) is 15.1 Å². The molecule has 0 spiro atoms. The molecule has 1 aromatic heterocycles. The summed E-state index contributed by atoms with van der Waals surface area (Å²) in [5.74, 6) is 0.574. The Labute approximate surface area is 116 Å². The average molecular weight is 279 g/mol. The van der Waals surface area contributed by atoms with Gasteiger partial charge in [-0.15, -0.1) is 0 Å².